The highest BCUT2D eigenvalue weighted by Crippen LogP contribution is 2.14. The van der Waals surface area contributed by atoms with E-state index < -0.39 is 11.6 Å². The van der Waals surface area contributed by atoms with Crippen molar-refractivity contribution in [2.24, 2.45) is 5.73 Å². The van der Waals surface area contributed by atoms with Gasteiger partial charge in [0.15, 0.2) is 0 Å². The minimum atomic E-state index is -0.570. The number of hydrogen-bond acceptors (Lipinski definition) is 2. The van der Waals surface area contributed by atoms with Crippen LogP contribution in [0.2, 0.25) is 0 Å². The predicted molar refractivity (Wildman–Crippen MR) is 74.4 cm³/mol. The van der Waals surface area contributed by atoms with Crippen molar-refractivity contribution in [2.45, 2.75) is 39.3 Å². The van der Waals surface area contributed by atoms with Gasteiger partial charge >= 0.3 is 0 Å². The Morgan fingerprint density at radius 2 is 2.00 bits per heavy atom. The molecule has 1 aromatic heterocycles. The second-order valence-electron chi connectivity index (χ2n) is 5.00. The molecule has 2 N–H and O–H groups in total. The summed E-state index contributed by atoms with van der Waals surface area (Å²) >= 11 is 0. The van der Waals surface area contributed by atoms with Crippen molar-refractivity contribution in [2.75, 3.05) is 0 Å². The molecule has 0 aliphatic rings. The zero-order chi connectivity index (χ0) is 14.7. The van der Waals surface area contributed by atoms with Crippen LogP contribution in [0.15, 0.2) is 24.3 Å². The summed E-state index contributed by atoms with van der Waals surface area (Å²) in [6.07, 6.45) is 0.992. The van der Waals surface area contributed by atoms with E-state index in [-0.39, 0.29) is 6.04 Å². The highest BCUT2D eigenvalue weighted by atomic mass is 19.1. The van der Waals surface area contributed by atoms with Crippen LogP contribution in [0.4, 0.5) is 8.78 Å². The monoisotopic (exact) mass is 279 g/mol. The van der Waals surface area contributed by atoms with Gasteiger partial charge in [-0.15, -0.1) is 0 Å². The van der Waals surface area contributed by atoms with Gasteiger partial charge in [0.1, 0.15) is 11.6 Å². The van der Waals surface area contributed by atoms with Crippen LogP contribution >= 0.6 is 0 Å². The van der Waals surface area contributed by atoms with Crippen LogP contribution in [0.25, 0.3) is 0 Å². The van der Waals surface area contributed by atoms with Gasteiger partial charge in [-0.1, -0.05) is 6.07 Å². The standard InChI is InChI=1S/C15H19F2N3/c1-3-20-14(6-10(2)19-20)9-13(18)7-11-4-5-12(16)8-15(11)17/h4-6,8,13H,3,7,9,18H2,1-2H3. The number of halogens is 2. The smallest absolute Gasteiger partial charge is 0.129 e. The molecule has 0 fully saturated rings. The lowest BCUT2D eigenvalue weighted by Crippen LogP contribution is -2.27. The van der Waals surface area contributed by atoms with Crippen LogP contribution in [0, 0.1) is 18.6 Å². The number of rotatable bonds is 5. The Balaban J connectivity index is 2.06. The molecule has 0 saturated heterocycles. The maximum atomic E-state index is 13.6. The van der Waals surface area contributed by atoms with Gasteiger partial charge in [-0.25, -0.2) is 8.78 Å². The largest absolute Gasteiger partial charge is 0.327 e. The SMILES string of the molecule is CCn1nc(C)cc1CC(N)Cc1ccc(F)cc1F. The number of nitrogens with zero attached hydrogens (tertiary/aromatic N) is 2. The van der Waals surface area contributed by atoms with Crippen molar-refractivity contribution in [3.63, 3.8) is 0 Å². The number of nitrogens with two attached hydrogens (primary N) is 1. The van der Waals surface area contributed by atoms with Gasteiger partial charge in [0, 0.05) is 30.8 Å². The minimum absolute atomic E-state index is 0.226. The summed E-state index contributed by atoms with van der Waals surface area (Å²) in [4.78, 5) is 0. The van der Waals surface area contributed by atoms with Gasteiger partial charge in [-0.05, 0) is 38.0 Å². The number of benzene rings is 1. The third kappa shape index (κ3) is 3.42. The first-order valence-corrected chi connectivity index (χ1v) is 6.72. The molecule has 0 radical (unpaired) electrons. The first-order valence-electron chi connectivity index (χ1n) is 6.72. The number of hydrogen-bond donors (Lipinski definition) is 1. The molecule has 108 valence electrons. The van der Waals surface area contributed by atoms with Crippen molar-refractivity contribution >= 4 is 0 Å². The average molecular weight is 279 g/mol. The van der Waals surface area contributed by atoms with Crippen LogP contribution in [0.1, 0.15) is 23.9 Å². The summed E-state index contributed by atoms with van der Waals surface area (Å²) in [6, 6.07) is 5.36. The maximum Gasteiger partial charge on any atom is 0.129 e. The zero-order valence-corrected chi connectivity index (χ0v) is 11.7. The quantitative estimate of drug-likeness (QED) is 0.914. The number of aromatic nitrogens is 2. The normalized spacial score (nSPS) is 12.7. The molecular formula is C15H19F2N3. The topological polar surface area (TPSA) is 43.8 Å². The predicted octanol–water partition coefficient (Wildman–Crippen LogP) is 2.60. The van der Waals surface area contributed by atoms with E-state index >= 15 is 0 Å². The van der Waals surface area contributed by atoms with Crippen LogP contribution < -0.4 is 5.73 Å². The molecule has 1 heterocycles. The summed E-state index contributed by atoms with van der Waals surface area (Å²) < 4.78 is 28.3. The Kier molecular flexibility index (Phi) is 4.49. The van der Waals surface area contributed by atoms with E-state index in [1.54, 1.807) is 0 Å². The Bertz CT molecular complexity index is 593. The van der Waals surface area contributed by atoms with Gasteiger partial charge in [0.05, 0.1) is 5.69 Å². The van der Waals surface area contributed by atoms with Crippen LogP contribution in [-0.4, -0.2) is 15.8 Å². The van der Waals surface area contributed by atoms with E-state index in [0.717, 1.165) is 24.0 Å². The van der Waals surface area contributed by atoms with Crippen LogP contribution in [0.5, 0.6) is 0 Å². The van der Waals surface area contributed by atoms with Crippen LogP contribution in [-0.2, 0) is 19.4 Å². The molecule has 20 heavy (non-hydrogen) atoms. The molecule has 5 heteroatoms. The van der Waals surface area contributed by atoms with Crippen molar-refractivity contribution in [1.82, 2.24) is 9.78 Å². The number of aryl methyl sites for hydroxylation is 2. The Morgan fingerprint density at radius 3 is 2.65 bits per heavy atom. The van der Waals surface area contributed by atoms with Crippen molar-refractivity contribution < 1.29 is 8.78 Å². The molecule has 0 aliphatic heterocycles. The van der Waals surface area contributed by atoms with E-state index in [1.165, 1.54) is 12.1 Å². The average Bonchev–Trinajstić information content (AvgIpc) is 2.73. The van der Waals surface area contributed by atoms with E-state index in [0.29, 0.717) is 18.4 Å². The van der Waals surface area contributed by atoms with Crippen LogP contribution in [0.3, 0.4) is 0 Å². The molecule has 2 rings (SSSR count). The molecule has 0 aliphatic carbocycles. The zero-order valence-electron chi connectivity index (χ0n) is 11.7. The summed E-state index contributed by atoms with van der Waals surface area (Å²) in [6.45, 7) is 4.72. The summed E-state index contributed by atoms with van der Waals surface area (Å²) in [5.74, 6) is -1.11. The first-order chi connectivity index (χ1) is 9.49. The van der Waals surface area contributed by atoms with Gasteiger partial charge in [-0.2, -0.15) is 5.10 Å². The Hall–Kier alpha value is -1.75. The first kappa shape index (κ1) is 14.7. The van der Waals surface area contributed by atoms with Gasteiger partial charge in [0.25, 0.3) is 0 Å². The summed E-state index contributed by atoms with van der Waals surface area (Å²) in [7, 11) is 0. The van der Waals surface area contributed by atoms with E-state index in [9.17, 15) is 8.78 Å². The van der Waals surface area contributed by atoms with Gasteiger partial charge in [0.2, 0.25) is 0 Å². The molecular weight excluding hydrogens is 260 g/mol. The fourth-order valence-electron chi connectivity index (χ4n) is 2.35. The molecule has 0 spiro atoms. The Morgan fingerprint density at radius 1 is 1.25 bits per heavy atom. The fraction of sp³-hybridized carbons (Fsp3) is 0.400. The lowest BCUT2D eigenvalue weighted by Gasteiger charge is -2.13. The molecule has 1 atom stereocenters. The van der Waals surface area contributed by atoms with E-state index in [1.807, 2.05) is 24.6 Å². The van der Waals surface area contributed by atoms with Gasteiger partial charge < -0.3 is 5.73 Å². The third-order valence-corrected chi connectivity index (χ3v) is 3.25. The third-order valence-electron chi connectivity index (χ3n) is 3.25. The molecule has 0 bridgehead atoms. The fourth-order valence-corrected chi connectivity index (χ4v) is 2.35. The second kappa shape index (κ2) is 6.13. The van der Waals surface area contributed by atoms with Crippen molar-refractivity contribution in [1.29, 1.82) is 0 Å². The van der Waals surface area contributed by atoms with Crippen molar-refractivity contribution in [3.05, 3.63) is 52.9 Å². The summed E-state index contributed by atoms with van der Waals surface area (Å²) in [5.41, 5.74) is 8.51. The summed E-state index contributed by atoms with van der Waals surface area (Å²) in [5, 5.41) is 4.36. The molecule has 2 aromatic rings. The van der Waals surface area contributed by atoms with Crippen molar-refractivity contribution in [3.8, 4) is 0 Å². The highest BCUT2D eigenvalue weighted by Gasteiger charge is 2.13. The molecule has 3 nitrogen and oxygen atoms in total. The Labute approximate surface area is 117 Å². The molecule has 1 unspecified atom stereocenters. The lowest BCUT2D eigenvalue weighted by atomic mass is 10.0. The lowest BCUT2D eigenvalue weighted by molar-refractivity contribution is 0.545. The van der Waals surface area contributed by atoms with Gasteiger partial charge in [-0.3, -0.25) is 4.68 Å². The maximum absolute atomic E-state index is 13.6. The molecule has 0 saturated carbocycles. The minimum Gasteiger partial charge on any atom is -0.327 e. The highest BCUT2D eigenvalue weighted by molar-refractivity contribution is 5.20. The van der Waals surface area contributed by atoms with E-state index in [4.69, 9.17) is 5.73 Å². The van der Waals surface area contributed by atoms with E-state index in [2.05, 4.69) is 5.10 Å². The molecule has 1 aromatic carbocycles. The molecule has 0 amide bonds. The second-order valence-corrected chi connectivity index (χ2v) is 5.00.